The number of hydrogen-bond acceptors (Lipinski definition) is 1. The van der Waals surface area contributed by atoms with Crippen LogP contribution >= 0.6 is 7.60 Å². The third-order valence-corrected chi connectivity index (χ3v) is 2.99. The first-order valence-corrected chi connectivity index (χ1v) is 6.25. The van der Waals surface area contributed by atoms with Crippen LogP contribution in [0.25, 0.3) is 0 Å². The van der Waals surface area contributed by atoms with Gasteiger partial charge in [0.15, 0.2) is 0 Å². The molecular formula is C9H15O3P. The molecule has 13 heavy (non-hydrogen) atoms. The van der Waals surface area contributed by atoms with Crippen LogP contribution in [0, 0.1) is 5.92 Å². The Bertz CT molecular complexity index is 252. The molecular weight excluding hydrogens is 187 g/mol. The van der Waals surface area contributed by atoms with E-state index in [4.69, 9.17) is 9.79 Å². The van der Waals surface area contributed by atoms with Crippen molar-refractivity contribution in [3.8, 4) is 0 Å². The summed E-state index contributed by atoms with van der Waals surface area (Å²) in [6.07, 6.45) is 10.7. The summed E-state index contributed by atoms with van der Waals surface area (Å²) in [6, 6.07) is 0. The van der Waals surface area contributed by atoms with E-state index in [0.29, 0.717) is 12.3 Å². The molecule has 0 saturated heterocycles. The van der Waals surface area contributed by atoms with E-state index in [2.05, 4.69) is 12.2 Å². The van der Waals surface area contributed by atoms with E-state index in [1.165, 1.54) is 0 Å². The highest BCUT2D eigenvalue weighted by molar-refractivity contribution is 7.51. The Morgan fingerprint density at radius 2 is 2.15 bits per heavy atom. The van der Waals surface area contributed by atoms with Gasteiger partial charge in [-0.1, -0.05) is 24.3 Å². The van der Waals surface area contributed by atoms with E-state index in [9.17, 15) is 4.57 Å². The van der Waals surface area contributed by atoms with Gasteiger partial charge in [-0.15, -0.1) is 0 Å². The SMILES string of the molecule is O=P(O)(O)CCCC1C=CC=CC1. The Hall–Kier alpha value is -0.370. The molecule has 1 unspecified atom stereocenters. The summed E-state index contributed by atoms with van der Waals surface area (Å²) >= 11 is 0. The van der Waals surface area contributed by atoms with E-state index in [1.54, 1.807) is 0 Å². The molecule has 0 spiro atoms. The molecule has 0 aromatic carbocycles. The normalized spacial score (nSPS) is 22.2. The molecule has 0 aromatic rings. The van der Waals surface area contributed by atoms with Crippen LogP contribution in [-0.2, 0) is 4.57 Å². The lowest BCUT2D eigenvalue weighted by molar-refractivity contribution is 0.369. The second-order valence-electron chi connectivity index (χ2n) is 3.34. The lowest BCUT2D eigenvalue weighted by Crippen LogP contribution is -1.99. The molecule has 0 amide bonds. The van der Waals surface area contributed by atoms with Crippen LogP contribution in [0.2, 0.25) is 0 Å². The molecule has 4 heteroatoms. The van der Waals surface area contributed by atoms with Gasteiger partial charge in [-0.3, -0.25) is 4.57 Å². The van der Waals surface area contributed by atoms with Crippen LogP contribution in [0.4, 0.5) is 0 Å². The first-order valence-electron chi connectivity index (χ1n) is 4.46. The van der Waals surface area contributed by atoms with Gasteiger partial charge in [0.1, 0.15) is 0 Å². The maximum atomic E-state index is 10.5. The van der Waals surface area contributed by atoms with E-state index < -0.39 is 7.60 Å². The summed E-state index contributed by atoms with van der Waals surface area (Å²) < 4.78 is 10.5. The van der Waals surface area contributed by atoms with Crippen molar-refractivity contribution in [3.05, 3.63) is 24.3 Å². The maximum absolute atomic E-state index is 10.5. The van der Waals surface area contributed by atoms with E-state index in [1.807, 2.05) is 12.2 Å². The van der Waals surface area contributed by atoms with Gasteiger partial charge < -0.3 is 9.79 Å². The smallest absolute Gasteiger partial charge is 0.324 e. The van der Waals surface area contributed by atoms with Gasteiger partial charge >= 0.3 is 7.60 Å². The molecule has 0 bridgehead atoms. The Balaban J connectivity index is 2.17. The van der Waals surface area contributed by atoms with Crippen molar-refractivity contribution in [1.82, 2.24) is 0 Å². The van der Waals surface area contributed by atoms with Crippen LogP contribution in [0.3, 0.4) is 0 Å². The molecule has 0 aliphatic heterocycles. The molecule has 1 aliphatic carbocycles. The Kier molecular flexibility index (Phi) is 3.91. The molecule has 0 radical (unpaired) electrons. The topological polar surface area (TPSA) is 57.5 Å². The van der Waals surface area contributed by atoms with Gasteiger partial charge in [0.25, 0.3) is 0 Å². The highest BCUT2D eigenvalue weighted by Gasteiger charge is 2.13. The predicted molar refractivity (Wildman–Crippen MR) is 52.5 cm³/mol. The van der Waals surface area contributed by atoms with Crippen LogP contribution in [-0.4, -0.2) is 15.9 Å². The van der Waals surface area contributed by atoms with Gasteiger partial charge in [-0.05, 0) is 25.2 Å². The highest BCUT2D eigenvalue weighted by Crippen LogP contribution is 2.36. The van der Waals surface area contributed by atoms with Crippen molar-refractivity contribution in [2.45, 2.75) is 19.3 Å². The third kappa shape index (κ3) is 5.04. The van der Waals surface area contributed by atoms with E-state index >= 15 is 0 Å². The fourth-order valence-electron chi connectivity index (χ4n) is 1.41. The van der Waals surface area contributed by atoms with Crippen molar-refractivity contribution in [2.75, 3.05) is 6.16 Å². The molecule has 0 aromatic heterocycles. The Labute approximate surface area is 78.3 Å². The minimum atomic E-state index is -3.78. The summed E-state index contributed by atoms with van der Waals surface area (Å²) in [6.45, 7) is 0. The second kappa shape index (κ2) is 4.75. The van der Waals surface area contributed by atoms with Crippen molar-refractivity contribution in [2.24, 2.45) is 5.92 Å². The summed E-state index contributed by atoms with van der Waals surface area (Å²) in [5.74, 6) is 0.469. The fraction of sp³-hybridized carbons (Fsp3) is 0.556. The minimum absolute atomic E-state index is 0.0149. The van der Waals surface area contributed by atoms with E-state index in [-0.39, 0.29) is 6.16 Å². The summed E-state index contributed by atoms with van der Waals surface area (Å²) in [5, 5.41) is 0. The molecule has 0 fully saturated rings. The van der Waals surface area contributed by atoms with Crippen LogP contribution in [0.15, 0.2) is 24.3 Å². The summed E-state index contributed by atoms with van der Waals surface area (Å²) in [4.78, 5) is 17.3. The predicted octanol–water partition coefficient (Wildman–Crippen LogP) is 2.08. The van der Waals surface area contributed by atoms with Gasteiger partial charge in [-0.2, -0.15) is 0 Å². The zero-order valence-electron chi connectivity index (χ0n) is 7.47. The Morgan fingerprint density at radius 3 is 2.69 bits per heavy atom. The minimum Gasteiger partial charge on any atom is -0.324 e. The van der Waals surface area contributed by atoms with Gasteiger partial charge in [-0.25, -0.2) is 0 Å². The first-order chi connectivity index (χ1) is 6.08. The lowest BCUT2D eigenvalue weighted by atomic mass is 9.96. The van der Waals surface area contributed by atoms with Crippen molar-refractivity contribution in [1.29, 1.82) is 0 Å². The average molecular weight is 202 g/mol. The molecule has 1 aliphatic rings. The molecule has 2 N–H and O–H groups in total. The van der Waals surface area contributed by atoms with Gasteiger partial charge in [0, 0.05) is 6.16 Å². The molecule has 0 heterocycles. The fourth-order valence-corrected chi connectivity index (χ4v) is 2.00. The van der Waals surface area contributed by atoms with Gasteiger partial charge in [0.05, 0.1) is 0 Å². The zero-order valence-corrected chi connectivity index (χ0v) is 8.36. The standard InChI is InChI=1S/C9H15O3P/c10-13(11,12)8-4-7-9-5-2-1-3-6-9/h1-3,5,9H,4,6-8H2,(H2,10,11,12). The average Bonchev–Trinajstić information content (AvgIpc) is 2.04. The van der Waals surface area contributed by atoms with E-state index in [0.717, 1.165) is 12.8 Å². The zero-order chi connectivity index (χ0) is 9.73. The molecule has 0 saturated carbocycles. The highest BCUT2D eigenvalue weighted by atomic mass is 31.2. The number of allylic oxidation sites excluding steroid dienone is 4. The summed E-state index contributed by atoms with van der Waals surface area (Å²) in [5.41, 5.74) is 0. The van der Waals surface area contributed by atoms with Crippen molar-refractivity contribution < 1.29 is 14.4 Å². The maximum Gasteiger partial charge on any atom is 0.325 e. The second-order valence-corrected chi connectivity index (χ2v) is 5.12. The first kappa shape index (κ1) is 10.7. The summed E-state index contributed by atoms with van der Waals surface area (Å²) in [7, 11) is -3.78. The van der Waals surface area contributed by atoms with Crippen LogP contribution in [0.1, 0.15) is 19.3 Å². The lowest BCUT2D eigenvalue weighted by Gasteiger charge is -2.12. The van der Waals surface area contributed by atoms with Crippen molar-refractivity contribution >= 4 is 7.60 Å². The van der Waals surface area contributed by atoms with Crippen LogP contribution in [0.5, 0.6) is 0 Å². The monoisotopic (exact) mass is 202 g/mol. The number of rotatable bonds is 4. The molecule has 1 rings (SSSR count). The Morgan fingerprint density at radius 1 is 1.38 bits per heavy atom. The number of hydrogen-bond donors (Lipinski definition) is 2. The molecule has 1 atom stereocenters. The van der Waals surface area contributed by atoms with Crippen LogP contribution < -0.4 is 0 Å². The van der Waals surface area contributed by atoms with Crippen molar-refractivity contribution in [3.63, 3.8) is 0 Å². The molecule has 3 nitrogen and oxygen atoms in total. The third-order valence-electron chi connectivity index (χ3n) is 2.09. The molecule has 74 valence electrons. The largest absolute Gasteiger partial charge is 0.325 e. The van der Waals surface area contributed by atoms with Gasteiger partial charge in [0.2, 0.25) is 0 Å². The quantitative estimate of drug-likeness (QED) is 0.686.